The second-order valence-corrected chi connectivity index (χ2v) is 4.14. The minimum absolute atomic E-state index is 0.509. The fourth-order valence-electron chi connectivity index (χ4n) is 1.84. The van der Waals surface area contributed by atoms with Gasteiger partial charge in [-0.15, -0.1) is 0 Å². The second-order valence-electron chi connectivity index (χ2n) is 4.14. The van der Waals surface area contributed by atoms with Gasteiger partial charge in [-0.1, -0.05) is 36.4 Å². The molecule has 88 valence electrons. The van der Waals surface area contributed by atoms with E-state index < -0.39 is 11.9 Å². The van der Waals surface area contributed by atoms with Gasteiger partial charge in [0, 0.05) is 25.4 Å². The van der Waals surface area contributed by atoms with Gasteiger partial charge < -0.3 is 10.0 Å². The molecule has 0 aliphatic carbocycles. The van der Waals surface area contributed by atoms with E-state index in [0.29, 0.717) is 0 Å². The monoisotopic (exact) mass is 229 g/mol. The minimum Gasteiger partial charge on any atom is -0.481 e. The van der Waals surface area contributed by atoms with Crippen LogP contribution in [0.2, 0.25) is 0 Å². The zero-order valence-corrected chi connectivity index (χ0v) is 9.71. The van der Waals surface area contributed by atoms with Crippen molar-refractivity contribution in [2.75, 3.05) is 7.05 Å². The summed E-state index contributed by atoms with van der Waals surface area (Å²) in [6.45, 7) is 0. The third-order valence-electron chi connectivity index (χ3n) is 2.86. The maximum Gasteiger partial charge on any atom is 0.314 e. The Morgan fingerprint density at radius 2 is 2.06 bits per heavy atom. The Kier molecular flexibility index (Phi) is 3.28. The van der Waals surface area contributed by atoms with Crippen LogP contribution < -0.4 is 0 Å². The number of carbonyl (C=O) groups is 1. The molecule has 0 amide bonds. The first-order chi connectivity index (χ1) is 8.16. The lowest BCUT2D eigenvalue weighted by atomic mass is 10.0. The number of carboxylic acids is 1. The number of likely N-dealkylation sites (N-methyl/N-ethyl adjacent to an activating group) is 1. The van der Waals surface area contributed by atoms with Crippen molar-refractivity contribution in [3.63, 3.8) is 0 Å². The van der Waals surface area contributed by atoms with Crippen LogP contribution >= 0.6 is 0 Å². The molecule has 1 aromatic carbocycles. The van der Waals surface area contributed by atoms with Gasteiger partial charge in [0.1, 0.15) is 0 Å². The summed E-state index contributed by atoms with van der Waals surface area (Å²) in [6.07, 6.45) is 6.06. The zero-order chi connectivity index (χ0) is 12.3. The van der Waals surface area contributed by atoms with E-state index in [9.17, 15) is 4.79 Å². The van der Waals surface area contributed by atoms with Crippen molar-refractivity contribution in [2.24, 2.45) is 5.92 Å². The van der Waals surface area contributed by atoms with Crippen molar-refractivity contribution in [2.45, 2.75) is 6.42 Å². The average molecular weight is 229 g/mol. The van der Waals surface area contributed by atoms with Crippen molar-refractivity contribution >= 4 is 5.97 Å². The number of aliphatic carboxylic acids is 1. The van der Waals surface area contributed by atoms with Crippen LogP contribution in [0.15, 0.2) is 54.4 Å². The van der Waals surface area contributed by atoms with Crippen molar-refractivity contribution in [1.29, 1.82) is 0 Å². The average Bonchev–Trinajstić information content (AvgIpc) is 2.33. The fraction of sp³-hybridized carbons (Fsp3) is 0.214. The van der Waals surface area contributed by atoms with Crippen LogP contribution in [0.1, 0.15) is 5.56 Å². The van der Waals surface area contributed by atoms with Crippen LogP contribution in [-0.4, -0.2) is 23.0 Å². The number of hydrogen-bond acceptors (Lipinski definition) is 2. The number of carboxylic acid groups (broad SMARTS) is 1. The molecular formula is C14H15NO2. The Hall–Kier alpha value is -2.03. The van der Waals surface area contributed by atoms with Crippen LogP contribution in [0.4, 0.5) is 0 Å². The van der Waals surface area contributed by atoms with Crippen LogP contribution in [0, 0.1) is 5.92 Å². The Morgan fingerprint density at radius 3 is 2.71 bits per heavy atom. The third-order valence-corrected chi connectivity index (χ3v) is 2.86. The summed E-state index contributed by atoms with van der Waals surface area (Å²) < 4.78 is 0. The minimum atomic E-state index is -0.806. The van der Waals surface area contributed by atoms with Crippen molar-refractivity contribution < 1.29 is 9.90 Å². The fourth-order valence-corrected chi connectivity index (χ4v) is 1.84. The first-order valence-corrected chi connectivity index (χ1v) is 5.55. The quantitative estimate of drug-likeness (QED) is 0.864. The van der Waals surface area contributed by atoms with Gasteiger partial charge in [-0.3, -0.25) is 4.79 Å². The maximum atomic E-state index is 10.9. The van der Waals surface area contributed by atoms with Gasteiger partial charge in [-0.2, -0.15) is 0 Å². The molecule has 1 aromatic rings. The summed E-state index contributed by atoms with van der Waals surface area (Å²) >= 11 is 0. The van der Waals surface area contributed by atoms with E-state index in [1.807, 2.05) is 48.5 Å². The highest BCUT2D eigenvalue weighted by Gasteiger charge is 2.17. The Morgan fingerprint density at radius 1 is 1.35 bits per heavy atom. The number of rotatable bonds is 3. The van der Waals surface area contributed by atoms with E-state index in [1.54, 1.807) is 12.2 Å². The van der Waals surface area contributed by atoms with Gasteiger partial charge in [0.15, 0.2) is 0 Å². The molecule has 3 nitrogen and oxygen atoms in total. The molecule has 0 saturated heterocycles. The first-order valence-electron chi connectivity index (χ1n) is 5.55. The molecule has 1 aliphatic rings. The summed E-state index contributed by atoms with van der Waals surface area (Å²) in [4.78, 5) is 12.9. The molecule has 1 aliphatic heterocycles. The second kappa shape index (κ2) is 4.87. The summed E-state index contributed by atoms with van der Waals surface area (Å²) in [5, 5.41) is 8.99. The molecule has 0 saturated carbocycles. The summed E-state index contributed by atoms with van der Waals surface area (Å²) in [7, 11) is 1.93. The summed E-state index contributed by atoms with van der Waals surface area (Å²) in [5.41, 5.74) is 2.20. The third kappa shape index (κ3) is 2.75. The standard InChI is InChI=1S/C14H15NO2/c1-15-8-7-12(14(16)17)10-13(15)9-11-5-3-2-4-6-11/h2-8,10,12H,9H2,1H3,(H,16,17)/t12-/m1/s1. The van der Waals surface area contributed by atoms with E-state index in [1.165, 1.54) is 5.56 Å². The predicted octanol–water partition coefficient (Wildman–Crippen LogP) is 2.27. The first kappa shape index (κ1) is 11.5. The topological polar surface area (TPSA) is 40.5 Å². The van der Waals surface area contributed by atoms with Gasteiger partial charge in [0.2, 0.25) is 0 Å². The Bertz CT molecular complexity index is 462. The molecular weight excluding hydrogens is 214 g/mol. The molecule has 0 bridgehead atoms. The molecule has 1 heterocycles. The lowest BCUT2D eigenvalue weighted by Crippen LogP contribution is -2.21. The van der Waals surface area contributed by atoms with E-state index in [2.05, 4.69) is 0 Å². The normalized spacial score (nSPS) is 19.0. The Balaban J connectivity index is 2.17. The van der Waals surface area contributed by atoms with E-state index in [0.717, 1.165) is 12.1 Å². The van der Waals surface area contributed by atoms with Crippen LogP contribution in [0.5, 0.6) is 0 Å². The molecule has 17 heavy (non-hydrogen) atoms. The van der Waals surface area contributed by atoms with E-state index in [4.69, 9.17) is 5.11 Å². The van der Waals surface area contributed by atoms with Crippen LogP contribution in [0.3, 0.4) is 0 Å². The van der Waals surface area contributed by atoms with Crippen molar-refractivity contribution in [3.8, 4) is 0 Å². The summed E-state index contributed by atoms with van der Waals surface area (Å²) in [5.74, 6) is -1.31. The van der Waals surface area contributed by atoms with Gasteiger partial charge in [0.05, 0.1) is 5.92 Å². The highest BCUT2D eigenvalue weighted by molar-refractivity contribution is 5.74. The van der Waals surface area contributed by atoms with Gasteiger partial charge in [0.25, 0.3) is 0 Å². The lowest BCUT2D eigenvalue weighted by molar-refractivity contribution is -0.138. The predicted molar refractivity (Wildman–Crippen MR) is 66.3 cm³/mol. The van der Waals surface area contributed by atoms with Gasteiger partial charge in [-0.25, -0.2) is 0 Å². The highest BCUT2D eigenvalue weighted by Crippen LogP contribution is 2.19. The maximum absolute atomic E-state index is 10.9. The SMILES string of the molecule is CN1C=C[C@@H](C(=O)O)C=C1Cc1ccccc1. The van der Waals surface area contributed by atoms with Crippen LogP contribution in [0.25, 0.3) is 0 Å². The van der Waals surface area contributed by atoms with E-state index in [-0.39, 0.29) is 0 Å². The molecule has 0 radical (unpaired) electrons. The Labute approximate surface area is 101 Å². The highest BCUT2D eigenvalue weighted by atomic mass is 16.4. The molecule has 0 aromatic heterocycles. The molecule has 0 unspecified atom stereocenters. The van der Waals surface area contributed by atoms with E-state index >= 15 is 0 Å². The largest absolute Gasteiger partial charge is 0.481 e. The molecule has 0 spiro atoms. The smallest absolute Gasteiger partial charge is 0.314 e. The van der Waals surface area contributed by atoms with Gasteiger partial charge in [-0.05, 0) is 11.6 Å². The number of hydrogen-bond donors (Lipinski definition) is 1. The molecule has 0 fully saturated rings. The number of benzene rings is 1. The summed E-state index contributed by atoms with van der Waals surface area (Å²) in [6, 6.07) is 10.0. The van der Waals surface area contributed by atoms with Crippen molar-refractivity contribution in [3.05, 3.63) is 59.9 Å². The number of nitrogens with zero attached hydrogens (tertiary/aromatic N) is 1. The molecule has 1 N–H and O–H groups in total. The van der Waals surface area contributed by atoms with Gasteiger partial charge >= 0.3 is 5.97 Å². The zero-order valence-electron chi connectivity index (χ0n) is 9.71. The molecule has 2 rings (SSSR count). The molecule has 1 atom stereocenters. The number of allylic oxidation sites excluding steroid dienone is 1. The van der Waals surface area contributed by atoms with Crippen LogP contribution in [-0.2, 0) is 11.2 Å². The van der Waals surface area contributed by atoms with Crippen molar-refractivity contribution in [1.82, 2.24) is 4.90 Å². The lowest BCUT2D eigenvalue weighted by Gasteiger charge is -2.24. The molecule has 3 heteroatoms.